The quantitative estimate of drug-likeness (QED) is 0.700. The SMILES string of the molecule is CNS(=O)(=O)CCNC(C)C1CCCN(C)C1. The lowest BCUT2D eigenvalue weighted by molar-refractivity contribution is 0.180. The van der Waals surface area contributed by atoms with E-state index in [4.69, 9.17) is 0 Å². The molecule has 0 amide bonds. The molecular formula is C11H25N3O2S. The minimum absolute atomic E-state index is 0.149. The molecule has 0 radical (unpaired) electrons. The van der Waals surface area contributed by atoms with Crippen molar-refractivity contribution in [2.75, 3.05) is 39.5 Å². The van der Waals surface area contributed by atoms with E-state index in [1.54, 1.807) is 0 Å². The Morgan fingerprint density at radius 1 is 1.47 bits per heavy atom. The molecule has 102 valence electrons. The van der Waals surface area contributed by atoms with Gasteiger partial charge in [0.2, 0.25) is 10.0 Å². The van der Waals surface area contributed by atoms with Gasteiger partial charge in [0, 0.05) is 19.1 Å². The highest BCUT2D eigenvalue weighted by Crippen LogP contribution is 2.18. The molecule has 0 aromatic carbocycles. The van der Waals surface area contributed by atoms with Crippen LogP contribution in [0.4, 0.5) is 0 Å². The second-order valence-corrected chi connectivity index (χ2v) is 6.98. The molecule has 2 atom stereocenters. The summed E-state index contributed by atoms with van der Waals surface area (Å²) in [5.41, 5.74) is 0. The summed E-state index contributed by atoms with van der Waals surface area (Å²) in [6, 6.07) is 0.379. The van der Waals surface area contributed by atoms with Crippen LogP contribution in [0.5, 0.6) is 0 Å². The number of hydrogen-bond donors (Lipinski definition) is 2. The normalized spacial score (nSPS) is 24.8. The Bertz CT molecular complexity index is 319. The Morgan fingerprint density at radius 2 is 2.18 bits per heavy atom. The molecule has 1 heterocycles. The summed E-state index contributed by atoms with van der Waals surface area (Å²) in [5, 5.41) is 3.32. The van der Waals surface area contributed by atoms with Crippen LogP contribution in [0.25, 0.3) is 0 Å². The Balaban J connectivity index is 2.27. The summed E-state index contributed by atoms with van der Waals surface area (Å²) in [5.74, 6) is 0.780. The van der Waals surface area contributed by atoms with Crippen molar-refractivity contribution < 1.29 is 8.42 Å². The van der Waals surface area contributed by atoms with Crippen LogP contribution >= 0.6 is 0 Å². The van der Waals surface area contributed by atoms with Gasteiger partial charge in [-0.05, 0) is 46.3 Å². The molecule has 1 aliphatic rings. The maximum atomic E-state index is 11.2. The van der Waals surface area contributed by atoms with Crippen LogP contribution in [-0.4, -0.2) is 58.8 Å². The van der Waals surface area contributed by atoms with E-state index < -0.39 is 10.0 Å². The van der Waals surface area contributed by atoms with Crippen LogP contribution in [0.1, 0.15) is 19.8 Å². The molecule has 1 rings (SSSR count). The summed E-state index contributed by atoms with van der Waals surface area (Å²) in [4.78, 5) is 2.34. The van der Waals surface area contributed by atoms with Gasteiger partial charge in [0.05, 0.1) is 5.75 Å². The number of hydrogen-bond acceptors (Lipinski definition) is 4. The van der Waals surface area contributed by atoms with Crippen LogP contribution in [0.3, 0.4) is 0 Å². The van der Waals surface area contributed by atoms with Gasteiger partial charge in [-0.2, -0.15) is 0 Å². The zero-order valence-electron chi connectivity index (χ0n) is 11.1. The van der Waals surface area contributed by atoms with Gasteiger partial charge in [0.25, 0.3) is 0 Å². The highest BCUT2D eigenvalue weighted by Gasteiger charge is 2.22. The van der Waals surface area contributed by atoms with E-state index in [0.717, 1.165) is 6.54 Å². The summed E-state index contributed by atoms with van der Waals surface area (Å²) in [7, 11) is 0.517. The highest BCUT2D eigenvalue weighted by atomic mass is 32.2. The third-order valence-corrected chi connectivity index (χ3v) is 4.88. The fraction of sp³-hybridized carbons (Fsp3) is 1.00. The van der Waals surface area contributed by atoms with Gasteiger partial charge >= 0.3 is 0 Å². The van der Waals surface area contributed by atoms with E-state index in [1.165, 1.54) is 26.4 Å². The van der Waals surface area contributed by atoms with Crippen molar-refractivity contribution >= 4 is 10.0 Å². The van der Waals surface area contributed by atoms with Crippen LogP contribution in [0.2, 0.25) is 0 Å². The fourth-order valence-corrected chi connectivity index (χ4v) is 2.89. The van der Waals surface area contributed by atoms with Crippen molar-refractivity contribution in [3.05, 3.63) is 0 Å². The third-order valence-electron chi connectivity index (χ3n) is 3.52. The standard InChI is InChI=1S/C11H25N3O2S/c1-10(11-5-4-7-14(3)9-11)13-6-8-17(15,16)12-2/h10-13H,4-9H2,1-3H3. The summed E-state index contributed by atoms with van der Waals surface area (Å²) < 4.78 is 24.8. The van der Waals surface area contributed by atoms with Gasteiger partial charge in [-0.25, -0.2) is 13.1 Å². The molecule has 0 aliphatic carbocycles. The monoisotopic (exact) mass is 263 g/mol. The molecule has 17 heavy (non-hydrogen) atoms. The minimum Gasteiger partial charge on any atom is -0.313 e. The molecule has 0 bridgehead atoms. The van der Waals surface area contributed by atoms with Crippen LogP contribution in [0.15, 0.2) is 0 Å². The van der Waals surface area contributed by atoms with Crippen molar-refractivity contribution in [2.45, 2.75) is 25.8 Å². The lowest BCUT2D eigenvalue weighted by Gasteiger charge is -2.34. The van der Waals surface area contributed by atoms with Gasteiger partial charge < -0.3 is 10.2 Å². The van der Waals surface area contributed by atoms with Crippen LogP contribution in [0, 0.1) is 5.92 Å². The molecule has 5 nitrogen and oxygen atoms in total. The zero-order chi connectivity index (χ0) is 12.9. The second-order valence-electron chi connectivity index (χ2n) is 4.93. The summed E-state index contributed by atoms with van der Waals surface area (Å²) in [6.07, 6.45) is 2.47. The third kappa shape index (κ3) is 5.33. The fourth-order valence-electron chi connectivity index (χ4n) is 2.30. The minimum atomic E-state index is -3.08. The summed E-state index contributed by atoms with van der Waals surface area (Å²) in [6.45, 7) is 4.95. The number of nitrogens with one attached hydrogen (secondary N) is 2. The van der Waals surface area contributed by atoms with E-state index in [1.807, 2.05) is 0 Å². The zero-order valence-corrected chi connectivity index (χ0v) is 11.9. The van der Waals surface area contributed by atoms with Crippen molar-refractivity contribution in [2.24, 2.45) is 5.92 Å². The van der Waals surface area contributed by atoms with Crippen molar-refractivity contribution in [3.8, 4) is 0 Å². The average Bonchev–Trinajstić information content (AvgIpc) is 2.28. The number of sulfonamides is 1. The number of rotatable bonds is 6. The molecule has 1 aliphatic heterocycles. The topological polar surface area (TPSA) is 61.4 Å². The first-order valence-electron chi connectivity index (χ1n) is 6.28. The van der Waals surface area contributed by atoms with E-state index in [0.29, 0.717) is 18.5 Å². The Hall–Kier alpha value is -0.170. The molecule has 2 unspecified atom stereocenters. The maximum absolute atomic E-state index is 11.2. The molecule has 2 N–H and O–H groups in total. The van der Waals surface area contributed by atoms with Gasteiger partial charge in [-0.15, -0.1) is 0 Å². The molecule has 1 saturated heterocycles. The largest absolute Gasteiger partial charge is 0.313 e. The van der Waals surface area contributed by atoms with Gasteiger partial charge in [-0.3, -0.25) is 0 Å². The molecule has 0 aromatic heterocycles. The van der Waals surface area contributed by atoms with E-state index in [2.05, 4.69) is 28.9 Å². The molecule has 6 heteroatoms. The van der Waals surface area contributed by atoms with Crippen LogP contribution in [-0.2, 0) is 10.0 Å². The van der Waals surface area contributed by atoms with E-state index in [-0.39, 0.29) is 5.75 Å². The average molecular weight is 263 g/mol. The lowest BCUT2D eigenvalue weighted by atomic mass is 9.92. The molecule has 0 aromatic rings. The van der Waals surface area contributed by atoms with Gasteiger partial charge in [0.1, 0.15) is 0 Å². The van der Waals surface area contributed by atoms with Crippen LogP contribution < -0.4 is 10.0 Å². The number of nitrogens with zero attached hydrogens (tertiary/aromatic N) is 1. The lowest BCUT2D eigenvalue weighted by Crippen LogP contribution is -2.44. The Kier molecular flexibility index (Phi) is 5.85. The first kappa shape index (κ1) is 14.9. The van der Waals surface area contributed by atoms with Gasteiger partial charge in [-0.1, -0.05) is 0 Å². The van der Waals surface area contributed by atoms with Gasteiger partial charge in [0.15, 0.2) is 0 Å². The molecule has 0 saturated carbocycles. The summed E-state index contributed by atoms with van der Waals surface area (Å²) >= 11 is 0. The predicted octanol–water partition coefficient (Wildman–Crippen LogP) is -0.144. The molecule has 0 spiro atoms. The highest BCUT2D eigenvalue weighted by molar-refractivity contribution is 7.89. The first-order valence-corrected chi connectivity index (χ1v) is 7.93. The van der Waals surface area contributed by atoms with Crippen molar-refractivity contribution in [3.63, 3.8) is 0 Å². The maximum Gasteiger partial charge on any atom is 0.212 e. The van der Waals surface area contributed by atoms with E-state index in [9.17, 15) is 8.42 Å². The predicted molar refractivity (Wildman–Crippen MR) is 70.5 cm³/mol. The van der Waals surface area contributed by atoms with Crippen molar-refractivity contribution in [1.82, 2.24) is 14.9 Å². The molecule has 1 fully saturated rings. The van der Waals surface area contributed by atoms with E-state index >= 15 is 0 Å². The molecular weight excluding hydrogens is 238 g/mol. The second kappa shape index (κ2) is 6.68. The number of piperidine rings is 1. The number of likely N-dealkylation sites (tertiary alicyclic amines) is 1. The smallest absolute Gasteiger partial charge is 0.212 e. The first-order chi connectivity index (χ1) is 7.94. The Morgan fingerprint density at radius 3 is 2.76 bits per heavy atom. The Labute approximate surface area is 105 Å². The van der Waals surface area contributed by atoms with Crippen molar-refractivity contribution in [1.29, 1.82) is 0 Å².